The van der Waals surface area contributed by atoms with Crippen LogP contribution < -0.4 is 10.1 Å². The molecule has 4 nitrogen and oxygen atoms in total. The minimum atomic E-state index is -2.15. The molecule has 0 spiro atoms. The van der Waals surface area contributed by atoms with E-state index in [-0.39, 0.29) is 0 Å². The van der Waals surface area contributed by atoms with Gasteiger partial charge in [-0.15, -0.1) is 0 Å². The van der Waals surface area contributed by atoms with Crippen LogP contribution in [0.1, 0.15) is 19.3 Å². The Labute approximate surface area is 163 Å². The molecule has 0 aromatic heterocycles. The van der Waals surface area contributed by atoms with Crippen LogP contribution >= 0.6 is 11.6 Å². The third kappa shape index (κ3) is 6.22. The van der Waals surface area contributed by atoms with Crippen molar-refractivity contribution in [3.63, 3.8) is 0 Å². The van der Waals surface area contributed by atoms with Gasteiger partial charge in [-0.1, -0.05) is 18.2 Å². The number of piperidine rings is 1. The van der Waals surface area contributed by atoms with E-state index in [4.69, 9.17) is 16.3 Å². The summed E-state index contributed by atoms with van der Waals surface area (Å²) in [6.07, 6.45) is 3.26. The molecule has 1 saturated heterocycles. The number of likely N-dealkylation sites (tertiary alicyclic amines) is 1. The van der Waals surface area contributed by atoms with Crippen LogP contribution in [0.2, 0.25) is 4.18 Å². The molecule has 1 amide bonds. The van der Waals surface area contributed by atoms with Crippen LogP contribution in [0.15, 0.2) is 39.2 Å². The van der Waals surface area contributed by atoms with Crippen LogP contribution in [0, 0.1) is 5.92 Å². The van der Waals surface area contributed by atoms with Crippen LogP contribution in [0.25, 0.3) is 0 Å². The zero-order valence-electron chi connectivity index (χ0n) is 14.6. The molecule has 1 aromatic rings. The average molecular weight is 465 g/mol. The molecule has 3 rings (SSSR count). The van der Waals surface area contributed by atoms with E-state index in [1.807, 2.05) is 30.3 Å². The predicted molar refractivity (Wildman–Crippen MR) is 104 cm³/mol. The molecule has 0 aliphatic carbocycles. The zero-order valence-corrected chi connectivity index (χ0v) is 18.7. The summed E-state index contributed by atoms with van der Waals surface area (Å²) in [6, 6.07) is 10.0. The summed E-state index contributed by atoms with van der Waals surface area (Å²) in [7, 11) is 0. The molecule has 0 saturated carbocycles. The second kappa shape index (κ2) is 9.89. The van der Waals surface area contributed by atoms with E-state index in [1.165, 1.54) is 12.8 Å². The number of carbonyl (C=O) groups excluding carboxylic acids is 1. The molecule has 0 radical (unpaired) electrons. The van der Waals surface area contributed by atoms with E-state index in [0.29, 0.717) is 9.58 Å². The Morgan fingerprint density at radius 1 is 1.28 bits per heavy atom. The van der Waals surface area contributed by atoms with Crippen LogP contribution in [0.5, 0.6) is 5.75 Å². The normalized spacial score (nSPS) is 18.9. The molecule has 0 unspecified atom stereocenters. The van der Waals surface area contributed by atoms with Gasteiger partial charge in [0, 0.05) is 0 Å². The first-order chi connectivity index (χ1) is 12.2. The Bertz CT molecular complexity index is 588. The number of halogens is 1. The summed E-state index contributed by atoms with van der Waals surface area (Å²) < 4.78 is 9.35. The molecule has 25 heavy (non-hydrogen) atoms. The Morgan fingerprint density at radius 3 is 2.72 bits per heavy atom. The molecular weight excluding hydrogens is 438 g/mol. The summed E-state index contributed by atoms with van der Waals surface area (Å²) >= 11 is 3.85. The predicted octanol–water partition coefficient (Wildman–Crippen LogP) is 3.63. The van der Waals surface area contributed by atoms with E-state index < -0.39 is 21.4 Å². The van der Waals surface area contributed by atoms with E-state index >= 15 is 0 Å². The number of hydrogen-bond acceptors (Lipinski definition) is 3. The Morgan fingerprint density at radius 2 is 2.04 bits per heavy atom. The minimum absolute atomic E-state index is 0.323. The fourth-order valence-electron chi connectivity index (χ4n) is 3.46. The van der Waals surface area contributed by atoms with E-state index in [1.54, 1.807) is 0 Å². The molecule has 2 heterocycles. The van der Waals surface area contributed by atoms with Crippen molar-refractivity contribution in [2.75, 3.05) is 32.8 Å². The molecule has 2 aliphatic heterocycles. The first-order valence-electron chi connectivity index (χ1n) is 9.25. The van der Waals surface area contributed by atoms with Crippen molar-refractivity contribution in [3.8, 4) is 5.75 Å². The number of rotatable bonds is 7. The molecule has 0 bridgehead atoms. The molecule has 1 aromatic carbocycles. The number of hydrogen-bond donors (Lipinski definition) is 1. The third-order valence-electron chi connectivity index (χ3n) is 5.08. The van der Waals surface area contributed by atoms with Gasteiger partial charge < -0.3 is 0 Å². The molecule has 1 fully saturated rings. The third-order valence-corrected chi connectivity index (χ3v) is 13.4. The summed E-state index contributed by atoms with van der Waals surface area (Å²) in [5.74, 6) is 1.59. The SMILES string of the molecule is O=[C](NCCN1CCC(COc2ccccc2)CC1)[In]1[CH]=C(Cl)C[CH2]1. The van der Waals surface area contributed by atoms with Gasteiger partial charge in [-0.25, -0.2) is 0 Å². The summed E-state index contributed by atoms with van der Waals surface area (Å²) in [5.41, 5.74) is 0. The van der Waals surface area contributed by atoms with E-state index in [0.717, 1.165) is 54.2 Å². The average Bonchev–Trinajstić information content (AvgIpc) is 3.08. The maximum atomic E-state index is 12.1. The molecule has 1 N–H and O–H groups in total. The second-order valence-corrected chi connectivity index (χ2v) is 15.0. The fourth-order valence-corrected chi connectivity index (χ4v) is 11.4. The monoisotopic (exact) mass is 464 g/mol. The number of nitrogens with zero attached hydrogens (tertiary/aromatic N) is 1. The fraction of sp³-hybridized carbons (Fsp3) is 0.526. The quantitative estimate of drug-likeness (QED) is 0.670. The zero-order chi connectivity index (χ0) is 17.5. The number of carbonyl (C=O) groups is 1. The topological polar surface area (TPSA) is 41.6 Å². The van der Waals surface area contributed by atoms with Gasteiger partial charge in [0.25, 0.3) is 0 Å². The summed E-state index contributed by atoms with van der Waals surface area (Å²) in [4.78, 5) is 14.6. The van der Waals surface area contributed by atoms with Gasteiger partial charge in [-0.3, -0.25) is 0 Å². The van der Waals surface area contributed by atoms with Crippen LogP contribution in [-0.4, -0.2) is 62.8 Å². The number of allylic oxidation sites excluding steroid dienone is 1. The number of nitrogens with one attached hydrogen (secondary N) is 1. The van der Waals surface area contributed by atoms with Gasteiger partial charge in [0.1, 0.15) is 0 Å². The van der Waals surface area contributed by atoms with Crippen LogP contribution in [0.4, 0.5) is 4.79 Å². The standard InChI is InChI=1S/C15H21N2O2.C4H5Cl.In/c18-13-16-8-11-17-9-6-14(7-10-17)12-19-15-4-2-1-3-5-15;1-3-4(2)5;/h1-5,14H,6-12H2,(H,16,18);2H,1,3H2;. The number of benzene rings is 1. The summed E-state index contributed by atoms with van der Waals surface area (Å²) in [6.45, 7) is 4.71. The van der Waals surface area contributed by atoms with E-state index in [9.17, 15) is 4.79 Å². The van der Waals surface area contributed by atoms with Crippen molar-refractivity contribution in [1.29, 1.82) is 0 Å². The van der Waals surface area contributed by atoms with Crippen molar-refractivity contribution >= 4 is 36.7 Å². The Balaban J connectivity index is 1.28. The second-order valence-electron chi connectivity index (χ2n) is 6.96. The molecular formula is C19H26ClInN2O2. The van der Waals surface area contributed by atoms with Crippen molar-refractivity contribution in [1.82, 2.24) is 10.2 Å². The molecule has 134 valence electrons. The van der Waals surface area contributed by atoms with Gasteiger partial charge in [-0.05, 0) is 0 Å². The Hall–Kier alpha value is -0.650. The van der Waals surface area contributed by atoms with Gasteiger partial charge in [-0.2, -0.15) is 0 Å². The number of para-hydroxylation sites is 1. The van der Waals surface area contributed by atoms with Crippen molar-refractivity contribution in [3.05, 3.63) is 39.2 Å². The number of amides is 1. The van der Waals surface area contributed by atoms with Crippen LogP contribution in [-0.2, 0) is 0 Å². The molecule has 6 heteroatoms. The molecule has 0 atom stereocenters. The van der Waals surface area contributed by atoms with Gasteiger partial charge in [0.2, 0.25) is 0 Å². The molecule has 2 aliphatic rings. The maximum absolute atomic E-state index is 12.1. The van der Waals surface area contributed by atoms with Crippen molar-refractivity contribution in [2.24, 2.45) is 5.92 Å². The summed E-state index contributed by atoms with van der Waals surface area (Å²) in [5, 5.41) is 4.05. The first-order valence-corrected chi connectivity index (χ1v) is 15.5. The number of ether oxygens (including phenoxy) is 1. The van der Waals surface area contributed by atoms with Gasteiger partial charge in [0.05, 0.1) is 0 Å². The van der Waals surface area contributed by atoms with Gasteiger partial charge in [0.15, 0.2) is 0 Å². The van der Waals surface area contributed by atoms with Gasteiger partial charge >= 0.3 is 145 Å². The van der Waals surface area contributed by atoms with Crippen molar-refractivity contribution < 1.29 is 9.53 Å². The Kier molecular flexibility index (Phi) is 7.56. The first kappa shape index (κ1) is 19.1. The van der Waals surface area contributed by atoms with E-state index in [2.05, 4.69) is 14.0 Å². The van der Waals surface area contributed by atoms with Crippen molar-refractivity contribution in [2.45, 2.75) is 23.4 Å². The van der Waals surface area contributed by atoms with Crippen LogP contribution in [0.3, 0.4) is 0 Å².